The standard InChI is InChI=1S/C25H26N4O4S/c1-18(21-13-15-23(16-14-21)26-19(2)30)27-28-25(31)22-11-9-20(10-12-22)17-29(34(3,32)33)24-7-5-4-6-8-24/h4-16H,17H2,1-3H3,(H,26,30)(H,28,31)/b27-18-. The van der Waals surface area contributed by atoms with Gasteiger partial charge in [0.2, 0.25) is 15.9 Å². The summed E-state index contributed by atoms with van der Waals surface area (Å²) < 4.78 is 25.9. The van der Waals surface area contributed by atoms with Crippen molar-refractivity contribution in [2.45, 2.75) is 20.4 Å². The molecule has 3 aromatic carbocycles. The maximum Gasteiger partial charge on any atom is 0.271 e. The van der Waals surface area contributed by atoms with E-state index in [-0.39, 0.29) is 18.4 Å². The lowest BCUT2D eigenvalue weighted by molar-refractivity contribution is -0.114. The Labute approximate surface area is 199 Å². The summed E-state index contributed by atoms with van der Waals surface area (Å²) in [5.41, 5.74) is 6.31. The van der Waals surface area contributed by atoms with Crippen molar-refractivity contribution in [3.63, 3.8) is 0 Å². The van der Waals surface area contributed by atoms with E-state index in [1.54, 1.807) is 79.7 Å². The molecule has 8 nitrogen and oxygen atoms in total. The van der Waals surface area contributed by atoms with Gasteiger partial charge in [0, 0.05) is 18.2 Å². The molecule has 0 unspecified atom stereocenters. The van der Waals surface area contributed by atoms with Gasteiger partial charge in [0.15, 0.2) is 0 Å². The second kappa shape index (κ2) is 10.8. The van der Waals surface area contributed by atoms with Crippen LogP contribution in [0, 0.1) is 0 Å². The lowest BCUT2D eigenvalue weighted by Gasteiger charge is -2.22. The number of hydrazone groups is 1. The zero-order valence-electron chi connectivity index (χ0n) is 19.1. The number of carbonyl (C=O) groups is 2. The zero-order chi connectivity index (χ0) is 24.7. The van der Waals surface area contributed by atoms with Gasteiger partial charge in [-0.15, -0.1) is 0 Å². The van der Waals surface area contributed by atoms with E-state index in [1.165, 1.54) is 11.2 Å². The van der Waals surface area contributed by atoms with Gasteiger partial charge in [-0.05, 0) is 54.4 Å². The van der Waals surface area contributed by atoms with E-state index in [2.05, 4.69) is 15.8 Å². The van der Waals surface area contributed by atoms with E-state index in [0.717, 1.165) is 17.4 Å². The SMILES string of the molecule is CC(=O)Nc1ccc(/C(C)=N\NC(=O)c2ccc(CN(c3ccccc3)S(C)(=O)=O)cc2)cc1. The van der Waals surface area contributed by atoms with E-state index in [1.807, 2.05) is 6.07 Å². The van der Waals surface area contributed by atoms with Gasteiger partial charge >= 0.3 is 0 Å². The lowest BCUT2D eigenvalue weighted by Crippen LogP contribution is -2.29. The molecular formula is C25H26N4O4S. The molecule has 3 rings (SSSR count). The number of benzene rings is 3. The monoisotopic (exact) mass is 478 g/mol. The molecule has 9 heteroatoms. The first kappa shape index (κ1) is 24.7. The minimum absolute atomic E-state index is 0.149. The fourth-order valence-corrected chi connectivity index (χ4v) is 4.07. The van der Waals surface area contributed by atoms with Crippen molar-refractivity contribution in [2.24, 2.45) is 5.10 Å². The predicted molar refractivity (Wildman–Crippen MR) is 134 cm³/mol. The Morgan fingerprint density at radius 1 is 0.853 bits per heavy atom. The van der Waals surface area contributed by atoms with Crippen molar-refractivity contribution in [1.82, 2.24) is 5.43 Å². The van der Waals surface area contributed by atoms with Crippen LogP contribution in [0.25, 0.3) is 0 Å². The van der Waals surface area contributed by atoms with Gasteiger partial charge in [-0.2, -0.15) is 5.10 Å². The largest absolute Gasteiger partial charge is 0.326 e. The number of hydrogen-bond acceptors (Lipinski definition) is 5. The quantitative estimate of drug-likeness (QED) is 0.380. The second-order valence-corrected chi connectivity index (χ2v) is 9.61. The van der Waals surface area contributed by atoms with E-state index < -0.39 is 10.0 Å². The van der Waals surface area contributed by atoms with Crippen molar-refractivity contribution in [3.05, 3.63) is 95.6 Å². The van der Waals surface area contributed by atoms with Crippen LogP contribution in [0.2, 0.25) is 0 Å². The third kappa shape index (κ3) is 6.76. The molecular weight excluding hydrogens is 452 g/mol. The topological polar surface area (TPSA) is 108 Å². The predicted octanol–water partition coefficient (Wildman–Crippen LogP) is 3.77. The number of hydrogen-bond donors (Lipinski definition) is 2. The molecule has 0 bridgehead atoms. The first-order valence-corrected chi connectivity index (χ1v) is 12.3. The van der Waals surface area contributed by atoms with Crippen molar-refractivity contribution < 1.29 is 18.0 Å². The molecule has 2 N–H and O–H groups in total. The van der Waals surface area contributed by atoms with E-state index in [9.17, 15) is 18.0 Å². The molecule has 0 radical (unpaired) electrons. The number of nitrogens with zero attached hydrogens (tertiary/aromatic N) is 2. The summed E-state index contributed by atoms with van der Waals surface area (Å²) in [6.45, 7) is 3.35. The van der Waals surface area contributed by atoms with E-state index >= 15 is 0 Å². The second-order valence-electron chi connectivity index (χ2n) is 7.70. The average molecular weight is 479 g/mol. The van der Waals surface area contributed by atoms with Crippen LogP contribution in [0.15, 0.2) is 84.0 Å². The number of anilines is 2. The maximum absolute atomic E-state index is 12.5. The molecule has 0 aromatic heterocycles. The van der Waals surface area contributed by atoms with Gasteiger partial charge in [-0.3, -0.25) is 13.9 Å². The van der Waals surface area contributed by atoms with Gasteiger partial charge < -0.3 is 5.32 Å². The molecule has 0 aliphatic carbocycles. The highest BCUT2D eigenvalue weighted by Crippen LogP contribution is 2.20. The normalized spacial score (nSPS) is 11.6. The van der Waals surface area contributed by atoms with Gasteiger partial charge in [0.1, 0.15) is 0 Å². The highest BCUT2D eigenvalue weighted by atomic mass is 32.2. The fourth-order valence-electron chi connectivity index (χ4n) is 3.18. The maximum atomic E-state index is 12.5. The van der Waals surface area contributed by atoms with Crippen LogP contribution in [0.3, 0.4) is 0 Å². The molecule has 0 aliphatic heterocycles. The van der Waals surface area contributed by atoms with E-state index in [0.29, 0.717) is 22.6 Å². The fraction of sp³-hybridized carbons (Fsp3) is 0.160. The number of nitrogens with one attached hydrogen (secondary N) is 2. The molecule has 3 aromatic rings. The van der Waals surface area contributed by atoms with Crippen LogP contribution >= 0.6 is 0 Å². The summed E-state index contributed by atoms with van der Waals surface area (Å²) in [6.07, 6.45) is 1.16. The molecule has 2 amide bonds. The number of amides is 2. The molecule has 0 heterocycles. The zero-order valence-corrected chi connectivity index (χ0v) is 20.0. The summed E-state index contributed by atoms with van der Waals surface area (Å²) >= 11 is 0. The summed E-state index contributed by atoms with van der Waals surface area (Å²) in [7, 11) is -3.48. The first-order valence-electron chi connectivity index (χ1n) is 10.5. The molecule has 0 saturated carbocycles. The molecule has 0 atom stereocenters. The highest BCUT2D eigenvalue weighted by molar-refractivity contribution is 7.92. The van der Waals surface area contributed by atoms with Gasteiger partial charge in [-0.25, -0.2) is 13.8 Å². The third-order valence-corrected chi connectivity index (χ3v) is 6.08. The Hall–Kier alpha value is -3.98. The van der Waals surface area contributed by atoms with Crippen LogP contribution in [-0.2, 0) is 21.4 Å². The number of sulfonamides is 1. The Balaban J connectivity index is 1.66. The van der Waals surface area contributed by atoms with Gasteiger partial charge in [-0.1, -0.05) is 42.5 Å². The summed E-state index contributed by atoms with van der Waals surface area (Å²) in [5, 5.41) is 6.84. The highest BCUT2D eigenvalue weighted by Gasteiger charge is 2.17. The van der Waals surface area contributed by atoms with E-state index in [4.69, 9.17) is 0 Å². The van der Waals surface area contributed by atoms with Gasteiger partial charge in [0.05, 0.1) is 24.2 Å². The number of carbonyl (C=O) groups excluding carboxylic acids is 2. The van der Waals surface area contributed by atoms with Crippen LogP contribution in [-0.4, -0.2) is 32.2 Å². The molecule has 0 aliphatic rings. The van der Waals surface area contributed by atoms with Crippen molar-refractivity contribution in [2.75, 3.05) is 15.9 Å². The van der Waals surface area contributed by atoms with Crippen LogP contribution in [0.5, 0.6) is 0 Å². The minimum Gasteiger partial charge on any atom is -0.326 e. The molecule has 0 fully saturated rings. The van der Waals surface area contributed by atoms with Crippen molar-refractivity contribution in [1.29, 1.82) is 0 Å². The molecule has 176 valence electrons. The third-order valence-electron chi connectivity index (χ3n) is 4.94. The summed E-state index contributed by atoms with van der Waals surface area (Å²) in [5.74, 6) is -0.538. The summed E-state index contributed by atoms with van der Waals surface area (Å²) in [6, 6.07) is 22.6. The Bertz CT molecular complexity index is 1290. The Morgan fingerprint density at radius 2 is 1.44 bits per heavy atom. The van der Waals surface area contributed by atoms with Gasteiger partial charge in [0.25, 0.3) is 5.91 Å². The first-order chi connectivity index (χ1) is 16.1. The molecule has 0 spiro atoms. The van der Waals surface area contributed by atoms with Crippen molar-refractivity contribution in [3.8, 4) is 0 Å². The van der Waals surface area contributed by atoms with Crippen LogP contribution in [0.1, 0.15) is 35.3 Å². The smallest absolute Gasteiger partial charge is 0.271 e. The average Bonchev–Trinajstić information content (AvgIpc) is 2.81. The van der Waals surface area contributed by atoms with Crippen LogP contribution < -0.4 is 15.0 Å². The molecule has 0 saturated heterocycles. The van der Waals surface area contributed by atoms with Crippen LogP contribution in [0.4, 0.5) is 11.4 Å². The lowest BCUT2D eigenvalue weighted by atomic mass is 10.1. The van der Waals surface area contributed by atoms with Crippen molar-refractivity contribution >= 4 is 38.9 Å². The Morgan fingerprint density at radius 3 is 2.00 bits per heavy atom. The number of rotatable bonds is 8. The Kier molecular flexibility index (Phi) is 7.80. The number of para-hydroxylation sites is 1. The summed E-state index contributed by atoms with van der Waals surface area (Å²) in [4.78, 5) is 23.6. The molecule has 34 heavy (non-hydrogen) atoms. The minimum atomic E-state index is -3.48.